The molecule has 0 unspecified atom stereocenters. The Bertz CT molecular complexity index is 832. The Morgan fingerprint density at radius 1 is 1.12 bits per heavy atom. The van der Waals surface area contributed by atoms with Crippen LogP contribution in [0, 0.1) is 0 Å². The maximum absolute atomic E-state index is 12.1. The number of benzene rings is 2. The van der Waals surface area contributed by atoms with Crippen LogP contribution in [0.3, 0.4) is 0 Å². The van der Waals surface area contributed by atoms with Gasteiger partial charge in [0.25, 0.3) is 0 Å². The highest BCUT2D eigenvalue weighted by molar-refractivity contribution is 8.00. The van der Waals surface area contributed by atoms with Crippen molar-refractivity contribution in [3.05, 3.63) is 54.9 Å². The number of para-hydroxylation sites is 1. The Morgan fingerprint density at radius 3 is 2.71 bits per heavy atom. The first-order valence-electron chi connectivity index (χ1n) is 7.61. The summed E-state index contributed by atoms with van der Waals surface area (Å²) in [5, 5.41) is 4.64. The zero-order valence-electron chi connectivity index (χ0n) is 13.2. The SMILES string of the molecule is CCOc1ccc(NC(=O)CSc2ncnc3ccccc23)cc1. The first-order chi connectivity index (χ1) is 11.8. The van der Waals surface area contributed by atoms with E-state index in [1.54, 1.807) is 0 Å². The fraction of sp³-hybridized carbons (Fsp3) is 0.167. The monoisotopic (exact) mass is 339 g/mol. The third-order valence-corrected chi connectivity index (χ3v) is 4.30. The van der Waals surface area contributed by atoms with E-state index in [9.17, 15) is 4.79 Å². The number of ether oxygens (including phenoxy) is 1. The Labute approximate surface area is 144 Å². The van der Waals surface area contributed by atoms with E-state index in [-0.39, 0.29) is 11.7 Å². The molecule has 24 heavy (non-hydrogen) atoms. The van der Waals surface area contributed by atoms with Gasteiger partial charge in [-0.2, -0.15) is 0 Å². The van der Waals surface area contributed by atoms with Crippen molar-refractivity contribution < 1.29 is 9.53 Å². The Balaban J connectivity index is 1.60. The van der Waals surface area contributed by atoms with Gasteiger partial charge in [0.05, 0.1) is 17.9 Å². The minimum absolute atomic E-state index is 0.0770. The van der Waals surface area contributed by atoms with Crippen LogP contribution in [-0.2, 0) is 4.79 Å². The van der Waals surface area contributed by atoms with Gasteiger partial charge in [-0.1, -0.05) is 30.0 Å². The standard InChI is InChI=1S/C18H17N3O2S/c1-2-23-14-9-7-13(8-10-14)21-17(22)11-24-18-15-5-3-4-6-16(15)19-12-20-18/h3-10,12H,2,11H2,1H3,(H,21,22). The van der Waals surface area contributed by atoms with Crippen LogP contribution in [0.2, 0.25) is 0 Å². The van der Waals surface area contributed by atoms with Gasteiger partial charge < -0.3 is 10.1 Å². The summed E-state index contributed by atoms with van der Waals surface area (Å²) in [6, 6.07) is 15.1. The number of amides is 1. The van der Waals surface area contributed by atoms with Crippen LogP contribution in [0.15, 0.2) is 59.9 Å². The van der Waals surface area contributed by atoms with Crippen molar-refractivity contribution in [3.63, 3.8) is 0 Å². The molecule has 1 heterocycles. The van der Waals surface area contributed by atoms with Gasteiger partial charge in [-0.15, -0.1) is 0 Å². The number of anilines is 1. The van der Waals surface area contributed by atoms with Gasteiger partial charge in [0.2, 0.25) is 5.91 Å². The second-order valence-corrected chi connectivity index (χ2v) is 5.95. The molecule has 3 aromatic rings. The van der Waals surface area contributed by atoms with E-state index < -0.39 is 0 Å². The lowest BCUT2D eigenvalue weighted by atomic mass is 10.2. The normalized spacial score (nSPS) is 10.5. The van der Waals surface area contributed by atoms with E-state index in [1.807, 2.05) is 55.5 Å². The number of hydrogen-bond acceptors (Lipinski definition) is 5. The zero-order valence-corrected chi connectivity index (χ0v) is 14.0. The molecular weight excluding hydrogens is 322 g/mol. The minimum atomic E-state index is -0.0770. The highest BCUT2D eigenvalue weighted by Crippen LogP contribution is 2.24. The molecule has 6 heteroatoms. The molecule has 0 aliphatic carbocycles. The summed E-state index contributed by atoms with van der Waals surface area (Å²) in [5.41, 5.74) is 1.62. The summed E-state index contributed by atoms with van der Waals surface area (Å²) in [5.74, 6) is 0.998. The van der Waals surface area contributed by atoms with E-state index in [1.165, 1.54) is 18.1 Å². The van der Waals surface area contributed by atoms with Gasteiger partial charge in [0.15, 0.2) is 0 Å². The number of nitrogens with zero attached hydrogens (tertiary/aromatic N) is 2. The summed E-state index contributed by atoms with van der Waals surface area (Å²) in [6.45, 7) is 2.55. The number of carbonyl (C=O) groups excluding carboxylic acids is 1. The van der Waals surface area contributed by atoms with Crippen LogP contribution in [0.25, 0.3) is 10.9 Å². The summed E-state index contributed by atoms with van der Waals surface area (Å²) >= 11 is 1.40. The average Bonchev–Trinajstić information content (AvgIpc) is 2.62. The quantitative estimate of drug-likeness (QED) is 0.547. The highest BCUT2D eigenvalue weighted by Gasteiger charge is 2.08. The van der Waals surface area contributed by atoms with E-state index >= 15 is 0 Å². The molecule has 2 aromatic carbocycles. The van der Waals surface area contributed by atoms with Crippen molar-refractivity contribution in [3.8, 4) is 5.75 Å². The molecule has 5 nitrogen and oxygen atoms in total. The molecule has 0 spiro atoms. The summed E-state index contributed by atoms with van der Waals surface area (Å²) in [4.78, 5) is 20.6. The van der Waals surface area contributed by atoms with Crippen molar-refractivity contribution >= 4 is 34.3 Å². The van der Waals surface area contributed by atoms with Crippen LogP contribution >= 0.6 is 11.8 Å². The van der Waals surface area contributed by atoms with E-state index in [0.29, 0.717) is 6.61 Å². The van der Waals surface area contributed by atoms with Gasteiger partial charge >= 0.3 is 0 Å². The maximum Gasteiger partial charge on any atom is 0.234 e. The lowest BCUT2D eigenvalue weighted by Crippen LogP contribution is -2.14. The summed E-state index contributed by atoms with van der Waals surface area (Å²) < 4.78 is 5.38. The predicted molar refractivity (Wildman–Crippen MR) is 96.5 cm³/mol. The van der Waals surface area contributed by atoms with Crippen LogP contribution in [0.1, 0.15) is 6.92 Å². The number of rotatable bonds is 6. The van der Waals surface area contributed by atoms with Crippen molar-refractivity contribution in [1.82, 2.24) is 9.97 Å². The molecule has 3 rings (SSSR count). The molecule has 0 saturated carbocycles. The van der Waals surface area contributed by atoms with Crippen molar-refractivity contribution in [2.75, 3.05) is 17.7 Å². The number of hydrogen-bond donors (Lipinski definition) is 1. The predicted octanol–water partition coefficient (Wildman–Crippen LogP) is 3.76. The molecule has 1 aromatic heterocycles. The molecule has 0 bridgehead atoms. The minimum Gasteiger partial charge on any atom is -0.494 e. The second kappa shape index (κ2) is 7.79. The lowest BCUT2D eigenvalue weighted by Gasteiger charge is -2.07. The Morgan fingerprint density at radius 2 is 1.92 bits per heavy atom. The average molecular weight is 339 g/mol. The summed E-state index contributed by atoms with van der Waals surface area (Å²) in [6.07, 6.45) is 1.52. The number of fused-ring (bicyclic) bond motifs is 1. The third-order valence-electron chi connectivity index (χ3n) is 3.30. The number of thioether (sulfide) groups is 1. The second-order valence-electron chi connectivity index (χ2n) is 4.99. The van der Waals surface area contributed by atoms with E-state index in [4.69, 9.17) is 4.74 Å². The maximum atomic E-state index is 12.1. The first kappa shape index (κ1) is 16.3. The molecule has 0 radical (unpaired) electrons. The molecule has 1 N–H and O–H groups in total. The highest BCUT2D eigenvalue weighted by atomic mass is 32.2. The molecule has 0 aliphatic rings. The summed E-state index contributed by atoms with van der Waals surface area (Å²) in [7, 11) is 0. The van der Waals surface area contributed by atoms with Gasteiger partial charge in [-0.25, -0.2) is 9.97 Å². The Hall–Kier alpha value is -2.60. The van der Waals surface area contributed by atoms with Gasteiger partial charge in [0, 0.05) is 11.1 Å². The van der Waals surface area contributed by atoms with Gasteiger partial charge in [-0.05, 0) is 37.3 Å². The first-order valence-corrected chi connectivity index (χ1v) is 8.60. The van der Waals surface area contributed by atoms with Crippen molar-refractivity contribution in [1.29, 1.82) is 0 Å². The van der Waals surface area contributed by atoms with E-state index in [2.05, 4.69) is 15.3 Å². The van der Waals surface area contributed by atoms with Crippen LogP contribution in [0.4, 0.5) is 5.69 Å². The fourth-order valence-corrected chi connectivity index (χ4v) is 3.02. The van der Waals surface area contributed by atoms with Crippen LogP contribution < -0.4 is 10.1 Å². The molecule has 0 fully saturated rings. The largest absolute Gasteiger partial charge is 0.494 e. The molecule has 0 atom stereocenters. The molecule has 1 amide bonds. The molecule has 0 aliphatic heterocycles. The van der Waals surface area contributed by atoms with E-state index in [0.717, 1.165) is 27.4 Å². The Kier molecular flexibility index (Phi) is 5.28. The van der Waals surface area contributed by atoms with Crippen LogP contribution in [0.5, 0.6) is 5.75 Å². The van der Waals surface area contributed by atoms with Crippen molar-refractivity contribution in [2.24, 2.45) is 0 Å². The molecular formula is C18H17N3O2S. The van der Waals surface area contributed by atoms with Gasteiger partial charge in [-0.3, -0.25) is 4.79 Å². The topological polar surface area (TPSA) is 64.1 Å². The van der Waals surface area contributed by atoms with Gasteiger partial charge in [0.1, 0.15) is 17.1 Å². The number of carbonyl (C=O) groups is 1. The zero-order chi connectivity index (χ0) is 16.8. The smallest absolute Gasteiger partial charge is 0.234 e. The number of aromatic nitrogens is 2. The molecule has 122 valence electrons. The molecule has 0 saturated heterocycles. The van der Waals surface area contributed by atoms with Crippen molar-refractivity contribution in [2.45, 2.75) is 11.9 Å². The van der Waals surface area contributed by atoms with Crippen LogP contribution in [-0.4, -0.2) is 28.2 Å². The third kappa shape index (κ3) is 4.02. The lowest BCUT2D eigenvalue weighted by molar-refractivity contribution is -0.113. The number of nitrogens with one attached hydrogen (secondary N) is 1. The fourth-order valence-electron chi connectivity index (χ4n) is 2.23.